The number of rotatable bonds is 0. The molecule has 2 nitrogen and oxygen atoms in total. The van der Waals surface area contributed by atoms with Crippen molar-refractivity contribution in [3.05, 3.63) is 0 Å². The van der Waals surface area contributed by atoms with E-state index in [1.165, 1.54) is 0 Å². The Morgan fingerprint density at radius 3 is 1.00 bits per heavy atom. The van der Waals surface area contributed by atoms with Crippen LogP contribution in [0, 0.1) is 0 Å². The molecule has 0 rings (SSSR count). The molecule has 6 N–H and O–H groups in total. The monoisotopic (exact) mass is 264 g/mol. The summed E-state index contributed by atoms with van der Waals surface area (Å²) in [6.07, 6.45) is 0. The summed E-state index contributed by atoms with van der Waals surface area (Å²) in [5.41, 5.74) is 0. The van der Waals surface area contributed by atoms with Crippen molar-refractivity contribution in [1.82, 2.24) is 12.3 Å². The van der Waals surface area contributed by atoms with E-state index < -0.39 is 0 Å². The molecular formula is H6ClN2Pt. The van der Waals surface area contributed by atoms with Crippen molar-refractivity contribution in [2.45, 2.75) is 0 Å². The predicted molar refractivity (Wildman–Crippen MR) is 15.9 cm³/mol. The third-order valence-electron chi connectivity index (χ3n) is 0. The third kappa shape index (κ3) is 12.9. The van der Waals surface area contributed by atoms with Crippen molar-refractivity contribution in [2.75, 3.05) is 0 Å². The maximum absolute atomic E-state index is 4.61. The number of halogens is 1. The van der Waals surface area contributed by atoms with E-state index in [0.717, 1.165) is 0 Å². The van der Waals surface area contributed by atoms with Gasteiger partial charge in [0.05, 0.1) is 0 Å². The first-order valence-electron chi connectivity index (χ1n) is 0.120. The Labute approximate surface area is 40.9 Å². The van der Waals surface area contributed by atoms with Gasteiger partial charge in [-0.2, -0.15) is 0 Å². The molecule has 0 bridgehead atoms. The van der Waals surface area contributed by atoms with Gasteiger partial charge < -0.3 is 12.3 Å². The number of hydrogen-bond acceptors (Lipinski definition) is 2. The first-order valence-corrected chi connectivity index (χ1v) is 2.94. The zero-order chi connectivity index (χ0) is 2.00. The summed E-state index contributed by atoms with van der Waals surface area (Å²) in [4.78, 5) is 0. The molecule has 0 saturated carbocycles. The fraction of sp³-hybridized carbons (Fsp3) is 0. The summed E-state index contributed by atoms with van der Waals surface area (Å²) in [7, 11) is 4.61. The van der Waals surface area contributed by atoms with Gasteiger partial charge in [-0.3, -0.25) is 0 Å². The van der Waals surface area contributed by atoms with E-state index in [0.29, 0.717) is 0 Å². The summed E-state index contributed by atoms with van der Waals surface area (Å²) in [5, 5.41) is 0. The van der Waals surface area contributed by atoms with Crippen LogP contribution in [0.1, 0.15) is 0 Å². The molecule has 0 heterocycles. The van der Waals surface area contributed by atoms with Crippen molar-refractivity contribution in [3.8, 4) is 0 Å². The zero-order valence-corrected chi connectivity index (χ0v) is 5.14. The summed E-state index contributed by atoms with van der Waals surface area (Å²) < 4.78 is 0. The van der Waals surface area contributed by atoms with Crippen LogP contribution in [-0.2, 0) is 18.8 Å². The second-order valence-corrected chi connectivity index (χ2v) is 0. The van der Waals surface area contributed by atoms with Gasteiger partial charge in [0.1, 0.15) is 0 Å². The van der Waals surface area contributed by atoms with Gasteiger partial charge in [-0.1, -0.05) is 0 Å². The summed E-state index contributed by atoms with van der Waals surface area (Å²) in [6.45, 7) is 0. The van der Waals surface area contributed by atoms with E-state index >= 15 is 0 Å². The van der Waals surface area contributed by atoms with Crippen molar-refractivity contribution >= 4 is 9.42 Å². The normalized spacial score (nSPS) is 1.75. The molecule has 0 aliphatic rings. The molecule has 0 saturated heterocycles. The van der Waals surface area contributed by atoms with Crippen molar-refractivity contribution in [2.24, 2.45) is 0 Å². The first kappa shape index (κ1) is 20.7. The number of hydrogen-bond donors (Lipinski definition) is 2. The summed E-state index contributed by atoms with van der Waals surface area (Å²) in [5.74, 6) is 0. The Balaban J connectivity index is -0.00000000500. The van der Waals surface area contributed by atoms with Gasteiger partial charge in [-0.05, 0) is 0 Å². The summed E-state index contributed by atoms with van der Waals surface area (Å²) >= 11 is 1.61. The fourth-order valence-corrected chi connectivity index (χ4v) is 0. The van der Waals surface area contributed by atoms with Gasteiger partial charge in [0, 0.05) is 0 Å². The standard InChI is InChI=1S/ClH.2H3N.Pt/h1H;2*1H3;/q;;;+1/p-1. The Hall–Kier alpha value is 0.898. The van der Waals surface area contributed by atoms with Gasteiger partial charge in [-0.15, -0.1) is 0 Å². The van der Waals surface area contributed by atoms with Crippen molar-refractivity contribution in [1.29, 1.82) is 0 Å². The van der Waals surface area contributed by atoms with Crippen LogP contribution in [0.2, 0.25) is 0 Å². The minimum absolute atomic E-state index is 0. The van der Waals surface area contributed by atoms with Crippen molar-refractivity contribution < 1.29 is 18.8 Å². The molecular weight excluding hydrogens is 259 g/mol. The van der Waals surface area contributed by atoms with E-state index in [4.69, 9.17) is 0 Å². The molecule has 4 heteroatoms. The molecule has 0 aromatic carbocycles. The zero-order valence-electron chi connectivity index (χ0n) is 2.11. The molecule has 0 aliphatic carbocycles. The van der Waals surface area contributed by atoms with Crippen LogP contribution in [-0.4, -0.2) is 0 Å². The van der Waals surface area contributed by atoms with E-state index in [-0.39, 0.29) is 12.3 Å². The van der Waals surface area contributed by atoms with Gasteiger partial charge in [0.2, 0.25) is 0 Å². The molecule has 0 unspecified atom stereocenters. The molecule has 0 aromatic heterocycles. The van der Waals surface area contributed by atoms with Gasteiger partial charge in [0.15, 0.2) is 0 Å². The van der Waals surface area contributed by atoms with Crippen LogP contribution in [0.15, 0.2) is 0 Å². The van der Waals surface area contributed by atoms with Crippen LogP contribution in [0.5, 0.6) is 0 Å². The summed E-state index contributed by atoms with van der Waals surface area (Å²) in [6, 6.07) is 0. The Kier molecular flexibility index (Phi) is 210. The topological polar surface area (TPSA) is 70.0 Å². The van der Waals surface area contributed by atoms with Crippen molar-refractivity contribution in [3.63, 3.8) is 0 Å². The fourth-order valence-electron chi connectivity index (χ4n) is 0. The van der Waals surface area contributed by atoms with Crippen LogP contribution < -0.4 is 12.3 Å². The van der Waals surface area contributed by atoms with E-state index in [9.17, 15) is 0 Å². The van der Waals surface area contributed by atoms with Crippen LogP contribution in [0.4, 0.5) is 0 Å². The molecule has 0 aromatic rings. The molecule has 0 spiro atoms. The molecule has 0 fully saturated rings. The van der Waals surface area contributed by atoms with E-state index in [1.807, 2.05) is 0 Å². The van der Waals surface area contributed by atoms with Gasteiger partial charge in [-0.25, -0.2) is 0 Å². The maximum atomic E-state index is 4.61. The first-order chi connectivity index (χ1) is 1.00. The Bertz CT molecular complexity index is 6.00. The van der Waals surface area contributed by atoms with Crippen LogP contribution >= 0.6 is 9.42 Å². The molecule has 0 atom stereocenters. The quantitative estimate of drug-likeness (QED) is 0.685. The average molecular weight is 265 g/mol. The third-order valence-corrected chi connectivity index (χ3v) is 0. The van der Waals surface area contributed by atoms with Crippen LogP contribution in [0.3, 0.4) is 0 Å². The molecule has 4 heavy (non-hydrogen) atoms. The Morgan fingerprint density at radius 2 is 1.00 bits per heavy atom. The average Bonchev–Trinajstić information content (AvgIpc) is 1.00. The minimum atomic E-state index is 0. The predicted octanol–water partition coefficient (Wildman–Crippen LogP) is 1.01. The molecule has 33 valence electrons. The van der Waals surface area contributed by atoms with Gasteiger partial charge >= 0.3 is 28.2 Å². The molecule has 0 radical (unpaired) electrons. The van der Waals surface area contributed by atoms with Crippen LogP contribution in [0.25, 0.3) is 0 Å². The van der Waals surface area contributed by atoms with E-state index in [1.54, 1.807) is 18.8 Å². The van der Waals surface area contributed by atoms with E-state index in [2.05, 4.69) is 9.42 Å². The SMILES string of the molecule is N.N.[Cl][Pt]. The molecule has 0 amide bonds. The second-order valence-electron chi connectivity index (χ2n) is 0. The molecule has 0 aliphatic heterocycles. The Morgan fingerprint density at radius 1 is 1.00 bits per heavy atom. The second kappa shape index (κ2) is 40.6. The van der Waals surface area contributed by atoms with Gasteiger partial charge in [0.25, 0.3) is 0 Å².